The second-order valence-corrected chi connectivity index (χ2v) is 10.2. The Balaban J connectivity index is 0.00000423. The third kappa shape index (κ3) is 7.01. The van der Waals surface area contributed by atoms with Crippen LogP contribution in [-0.2, 0) is 12.8 Å². The van der Waals surface area contributed by atoms with Crippen molar-refractivity contribution in [3.05, 3.63) is 89.1 Å². The molecule has 3 heterocycles. The van der Waals surface area contributed by atoms with Crippen molar-refractivity contribution in [2.24, 2.45) is 0 Å². The van der Waals surface area contributed by atoms with Gasteiger partial charge in [0, 0.05) is 56.1 Å². The largest absolute Gasteiger partial charge is 0.573 e. The van der Waals surface area contributed by atoms with Crippen molar-refractivity contribution >= 4 is 35.2 Å². The molecule has 43 heavy (non-hydrogen) atoms. The fourth-order valence-electron chi connectivity index (χ4n) is 5.38. The molecule has 1 atom stereocenters. The lowest BCUT2D eigenvalue weighted by atomic mass is 10.0. The summed E-state index contributed by atoms with van der Waals surface area (Å²) in [5.74, 6) is -3.08. The SMILES string of the molecule is CCc1nc2cc(F)ccn2c1C(=O)CCc1ccc(N2CCN(c3ccc(OC(F)(F)F)c(F)c3)[C@@H](C)C2)c(F)c1.Cl. The number of anilines is 2. The third-order valence-corrected chi connectivity index (χ3v) is 7.35. The second kappa shape index (κ2) is 12.7. The van der Waals surface area contributed by atoms with Crippen LogP contribution >= 0.6 is 12.4 Å². The molecule has 2 aromatic carbocycles. The first-order valence-electron chi connectivity index (χ1n) is 13.5. The molecule has 4 aromatic rings. The maximum Gasteiger partial charge on any atom is 0.573 e. The van der Waals surface area contributed by atoms with E-state index in [1.807, 2.05) is 23.6 Å². The number of aryl methyl sites for hydroxylation is 2. The van der Waals surface area contributed by atoms with Gasteiger partial charge in [0.2, 0.25) is 0 Å². The number of benzene rings is 2. The Kier molecular flexibility index (Phi) is 9.48. The fraction of sp³-hybridized carbons (Fsp3) is 0.333. The molecule has 0 spiro atoms. The average Bonchev–Trinajstić information content (AvgIpc) is 3.30. The lowest BCUT2D eigenvalue weighted by Crippen LogP contribution is -2.52. The van der Waals surface area contributed by atoms with Crippen molar-refractivity contribution in [2.75, 3.05) is 29.4 Å². The number of pyridine rings is 1. The highest BCUT2D eigenvalue weighted by Crippen LogP contribution is 2.32. The van der Waals surface area contributed by atoms with Crippen molar-refractivity contribution in [2.45, 2.75) is 45.5 Å². The molecule has 2 aromatic heterocycles. The molecule has 13 heteroatoms. The zero-order chi connectivity index (χ0) is 30.2. The van der Waals surface area contributed by atoms with Gasteiger partial charge in [-0.25, -0.2) is 18.2 Å². The Morgan fingerprint density at radius 2 is 1.79 bits per heavy atom. The number of carbonyl (C=O) groups is 1. The second-order valence-electron chi connectivity index (χ2n) is 10.2. The summed E-state index contributed by atoms with van der Waals surface area (Å²) in [5.41, 5.74) is 2.77. The Bertz CT molecular complexity index is 1630. The monoisotopic (exact) mass is 626 g/mol. The van der Waals surface area contributed by atoms with Gasteiger partial charge in [-0.05, 0) is 55.7 Å². The normalized spacial score (nSPS) is 15.5. The number of ketones is 1. The molecule has 5 rings (SSSR count). The van der Waals surface area contributed by atoms with Crippen LogP contribution in [0.5, 0.6) is 5.75 Å². The minimum absolute atomic E-state index is 0. The summed E-state index contributed by atoms with van der Waals surface area (Å²) in [7, 11) is 0. The van der Waals surface area contributed by atoms with E-state index >= 15 is 4.39 Å². The maximum atomic E-state index is 15.2. The van der Waals surface area contributed by atoms with E-state index in [1.54, 1.807) is 16.5 Å². The number of hydrogen-bond acceptors (Lipinski definition) is 5. The van der Waals surface area contributed by atoms with E-state index in [4.69, 9.17) is 0 Å². The number of imidazole rings is 1. The van der Waals surface area contributed by atoms with Crippen LogP contribution < -0.4 is 14.5 Å². The van der Waals surface area contributed by atoms with Crippen molar-refractivity contribution in [1.29, 1.82) is 0 Å². The van der Waals surface area contributed by atoms with E-state index in [9.17, 15) is 26.7 Å². The van der Waals surface area contributed by atoms with Crippen LogP contribution in [0.25, 0.3) is 5.65 Å². The minimum atomic E-state index is -4.99. The van der Waals surface area contributed by atoms with Crippen molar-refractivity contribution < 1.29 is 35.9 Å². The Labute approximate surface area is 250 Å². The van der Waals surface area contributed by atoms with E-state index in [-0.39, 0.29) is 30.7 Å². The number of alkyl halides is 3. The highest BCUT2D eigenvalue weighted by molar-refractivity contribution is 5.96. The molecule has 1 aliphatic rings. The van der Waals surface area contributed by atoms with Crippen LogP contribution in [0.4, 0.5) is 37.7 Å². The molecular formula is C30H29ClF6N4O2. The van der Waals surface area contributed by atoms with Crippen LogP contribution in [0.3, 0.4) is 0 Å². The topological polar surface area (TPSA) is 50.1 Å². The molecule has 0 amide bonds. The fourth-order valence-corrected chi connectivity index (χ4v) is 5.38. The number of aromatic nitrogens is 2. The van der Waals surface area contributed by atoms with E-state index in [0.29, 0.717) is 66.4 Å². The summed E-state index contributed by atoms with van der Waals surface area (Å²) >= 11 is 0. The molecule has 0 radical (unpaired) electrons. The number of ether oxygens (including phenoxy) is 1. The van der Waals surface area contributed by atoms with Gasteiger partial charge < -0.3 is 14.5 Å². The number of carbonyl (C=O) groups excluding carboxylic acids is 1. The maximum absolute atomic E-state index is 15.2. The first-order chi connectivity index (χ1) is 19.9. The molecule has 6 nitrogen and oxygen atoms in total. The molecule has 0 unspecified atom stereocenters. The number of rotatable bonds is 8. The standard InChI is InChI=1S/C30H28F6N4O2.ClH/c1-3-24-29(40-11-10-20(31)15-28(40)37-24)26(41)8-5-19-4-7-25(22(32)14-19)38-12-13-39(18(2)17-38)21-6-9-27(23(33)16-21)42-30(34,35)36;/h4,6-7,9-11,14-16,18H,3,5,8,12-13,17H2,1-2H3;1H/t18-;/m0./s1. The summed E-state index contributed by atoms with van der Waals surface area (Å²) in [6.45, 7) is 4.91. The summed E-state index contributed by atoms with van der Waals surface area (Å²) in [5, 5.41) is 0. The van der Waals surface area contributed by atoms with Crippen LogP contribution in [0.1, 0.15) is 42.0 Å². The molecule has 1 fully saturated rings. The molecular weight excluding hydrogens is 598 g/mol. The van der Waals surface area contributed by atoms with Gasteiger partial charge >= 0.3 is 6.36 Å². The minimum Gasteiger partial charge on any atom is -0.403 e. The van der Waals surface area contributed by atoms with Gasteiger partial charge in [-0.15, -0.1) is 25.6 Å². The van der Waals surface area contributed by atoms with Gasteiger partial charge in [0.05, 0.1) is 11.4 Å². The summed E-state index contributed by atoms with van der Waals surface area (Å²) in [4.78, 5) is 21.2. The number of hydrogen-bond donors (Lipinski definition) is 0. The smallest absolute Gasteiger partial charge is 0.403 e. The quantitative estimate of drug-likeness (QED) is 0.153. The van der Waals surface area contributed by atoms with Gasteiger partial charge in [0.1, 0.15) is 23.0 Å². The molecule has 0 N–H and O–H groups in total. The Hall–Kier alpha value is -3.93. The predicted octanol–water partition coefficient (Wildman–Crippen LogP) is 7.17. The van der Waals surface area contributed by atoms with E-state index in [0.717, 1.165) is 12.1 Å². The highest BCUT2D eigenvalue weighted by Gasteiger charge is 2.33. The van der Waals surface area contributed by atoms with Gasteiger partial charge in [-0.3, -0.25) is 9.20 Å². The number of Topliss-reactive ketones (excluding diaryl/α,β-unsaturated/α-hetero) is 1. The molecule has 1 saturated heterocycles. The number of nitrogens with zero attached hydrogens (tertiary/aromatic N) is 4. The van der Waals surface area contributed by atoms with Gasteiger partial charge in [0.25, 0.3) is 0 Å². The number of fused-ring (bicyclic) bond motifs is 1. The Morgan fingerprint density at radius 3 is 2.44 bits per heavy atom. The zero-order valence-corrected chi connectivity index (χ0v) is 24.1. The zero-order valence-electron chi connectivity index (χ0n) is 23.3. The molecule has 0 aliphatic carbocycles. The van der Waals surface area contributed by atoms with Crippen LogP contribution in [0, 0.1) is 17.5 Å². The molecule has 230 valence electrons. The van der Waals surface area contributed by atoms with E-state index < -0.39 is 29.6 Å². The van der Waals surface area contributed by atoms with Crippen molar-refractivity contribution in [1.82, 2.24) is 9.38 Å². The van der Waals surface area contributed by atoms with Crippen LogP contribution in [0.2, 0.25) is 0 Å². The molecule has 1 aliphatic heterocycles. The first-order valence-corrected chi connectivity index (χ1v) is 13.5. The van der Waals surface area contributed by atoms with Gasteiger partial charge in [-0.1, -0.05) is 13.0 Å². The van der Waals surface area contributed by atoms with Crippen molar-refractivity contribution in [3.63, 3.8) is 0 Å². The Morgan fingerprint density at radius 1 is 1.02 bits per heavy atom. The summed E-state index contributed by atoms with van der Waals surface area (Å²) < 4.78 is 85.8. The summed E-state index contributed by atoms with van der Waals surface area (Å²) in [6, 6.07) is 10.5. The highest BCUT2D eigenvalue weighted by atomic mass is 35.5. The first kappa shape index (κ1) is 32.0. The van der Waals surface area contributed by atoms with Gasteiger partial charge in [0.15, 0.2) is 17.3 Å². The molecule has 0 saturated carbocycles. The average molecular weight is 627 g/mol. The summed E-state index contributed by atoms with van der Waals surface area (Å²) in [6.07, 6.45) is -2.58. The van der Waals surface area contributed by atoms with E-state index in [2.05, 4.69) is 9.72 Å². The van der Waals surface area contributed by atoms with Gasteiger partial charge in [-0.2, -0.15) is 0 Å². The van der Waals surface area contributed by atoms with E-state index in [1.165, 1.54) is 30.5 Å². The lowest BCUT2D eigenvalue weighted by molar-refractivity contribution is -0.275. The molecule has 0 bridgehead atoms. The third-order valence-electron chi connectivity index (χ3n) is 7.35. The lowest BCUT2D eigenvalue weighted by Gasteiger charge is -2.42. The van der Waals surface area contributed by atoms with Crippen LogP contribution in [0.15, 0.2) is 54.7 Å². The number of piperazine rings is 1. The van der Waals surface area contributed by atoms with Crippen LogP contribution in [-0.4, -0.2) is 47.2 Å². The van der Waals surface area contributed by atoms with Crippen molar-refractivity contribution in [3.8, 4) is 5.75 Å². The number of halogens is 7. The predicted molar refractivity (Wildman–Crippen MR) is 153 cm³/mol.